The number of aryl methyl sites for hydroxylation is 1. The molecule has 1 heteroatoms. The standard InChI is InChI=1S/C11H14Cl/c1-9(2)7-8-10-5-3-4-6-11(10)12/h3-4,6,9H,7-8H2,1-2H3. The van der Waals surface area contributed by atoms with Crippen LogP contribution in [0.2, 0.25) is 5.02 Å². The zero-order chi connectivity index (χ0) is 8.97. The second kappa shape index (κ2) is 4.51. The number of hydrogen-bond donors (Lipinski definition) is 0. The van der Waals surface area contributed by atoms with Gasteiger partial charge in [0.25, 0.3) is 0 Å². The molecule has 0 saturated carbocycles. The van der Waals surface area contributed by atoms with Crippen molar-refractivity contribution in [2.24, 2.45) is 5.92 Å². The summed E-state index contributed by atoms with van der Waals surface area (Å²) in [7, 11) is 0. The molecule has 0 bridgehead atoms. The molecule has 0 aromatic heterocycles. The lowest BCUT2D eigenvalue weighted by molar-refractivity contribution is 0.586. The molecule has 0 nitrogen and oxygen atoms in total. The molecule has 0 amide bonds. The van der Waals surface area contributed by atoms with Crippen LogP contribution in [0.5, 0.6) is 0 Å². The van der Waals surface area contributed by atoms with Gasteiger partial charge in [-0.25, -0.2) is 0 Å². The van der Waals surface area contributed by atoms with Gasteiger partial charge in [0.15, 0.2) is 0 Å². The summed E-state index contributed by atoms with van der Waals surface area (Å²) in [6.45, 7) is 4.44. The van der Waals surface area contributed by atoms with E-state index in [0.717, 1.165) is 22.9 Å². The highest BCUT2D eigenvalue weighted by Gasteiger charge is 2.00. The third-order valence-corrected chi connectivity index (χ3v) is 2.21. The van der Waals surface area contributed by atoms with Crippen LogP contribution < -0.4 is 0 Å². The topological polar surface area (TPSA) is 0 Å². The second-order valence-electron chi connectivity index (χ2n) is 3.43. The third kappa shape index (κ3) is 2.86. The van der Waals surface area contributed by atoms with Crippen molar-refractivity contribution in [3.63, 3.8) is 0 Å². The summed E-state index contributed by atoms with van der Waals surface area (Å²) in [6.07, 6.45) is 2.22. The van der Waals surface area contributed by atoms with E-state index in [0.29, 0.717) is 0 Å². The van der Waals surface area contributed by atoms with Crippen molar-refractivity contribution in [3.05, 3.63) is 34.9 Å². The Balaban J connectivity index is 2.57. The molecule has 0 N–H and O–H groups in total. The van der Waals surface area contributed by atoms with Crippen LogP contribution >= 0.6 is 11.6 Å². The van der Waals surface area contributed by atoms with E-state index in [1.165, 1.54) is 6.42 Å². The van der Waals surface area contributed by atoms with E-state index in [4.69, 9.17) is 11.6 Å². The minimum Gasteiger partial charge on any atom is -0.0840 e. The summed E-state index contributed by atoms with van der Waals surface area (Å²) < 4.78 is 0. The summed E-state index contributed by atoms with van der Waals surface area (Å²) in [6, 6.07) is 8.92. The van der Waals surface area contributed by atoms with E-state index >= 15 is 0 Å². The van der Waals surface area contributed by atoms with E-state index in [9.17, 15) is 0 Å². The Labute approximate surface area is 79.6 Å². The van der Waals surface area contributed by atoms with Crippen molar-refractivity contribution in [2.75, 3.05) is 0 Å². The first-order chi connectivity index (χ1) is 5.70. The smallest absolute Gasteiger partial charge is 0.0444 e. The molecular formula is C11H14Cl. The van der Waals surface area contributed by atoms with Crippen molar-refractivity contribution in [1.29, 1.82) is 0 Å². The van der Waals surface area contributed by atoms with Crippen LogP contribution in [-0.2, 0) is 6.42 Å². The Morgan fingerprint density at radius 1 is 1.50 bits per heavy atom. The summed E-state index contributed by atoms with van der Waals surface area (Å²) in [5.41, 5.74) is 1.15. The number of benzene rings is 1. The molecule has 65 valence electrons. The SMILES string of the molecule is CC(C)CCc1[c]cccc1Cl. The van der Waals surface area contributed by atoms with Crippen LogP contribution in [0.3, 0.4) is 0 Å². The molecule has 0 atom stereocenters. The zero-order valence-electron chi connectivity index (χ0n) is 7.60. The van der Waals surface area contributed by atoms with Gasteiger partial charge in [0, 0.05) is 5.02 Å². The second-order valence-corrected chi connectivity index (χ2v) is 3.84. The molecule has 0 aliphatic rings. The molecule has 12 heavy (non-hydrogen) atoms. The molecule has 0 aliphatic carbocycles. The van der Waals surface area contributed by atoms with E-state index in [-0.39, 0.29) is 0 Å². The van der Waals surface area contributed by atoms with Crippen LogP contribution in [0.15, 0.2) is 18.2 Å². The monoisotopic (exact) mass is 181 g/mol. The minimum atomic E-state index is 0.731. The Bertz CT molecular complexity index is 241. The average Bonchev–Trinajstić information content (AvgIpc) is 2.03. The largest absolute Gasteiger partial charge is 0.0840 e. The fraction of sp³-hybridized carbons (Fsp3) is 0.455. The third-order valence-electron chi connectivity index (χ3n) is 1.86. The lowest BCUT2D eigenvalue weighted by Crippen LogP contribution is -1.92. The quantitative estimate of drug-likeness (QED) is 0.667. The minimum absolute atomic E-state index is 0.731. The van der Waals surface area contributed by atoms with Gasteiger partial charge < -0.3 is 0 Å². The Hall–Kier alpha value is -0.490. The van der Waals surface area contributed by atoms with E-state index < -0.39 is 0 Å². The maximum Gasteiger partial charge on any atom is 0.0444 e. The summed E-state index contributed by atoms with van der Waals surface area (Å²) in [5, 5.41) is 0.846. The first kappa shape index (κ1) is 9.60. The number of hydrogen-bond acceptors (Lipinski definition) is 0. The van der Waals surface area contributed by atoms with Crippen LogP contribution in [0, 0.1) is 12.0 Å². The first-order valence-electron chi connectivity index (χ1n) is 4.35. The van der Waals surface area contributed by atoms with Gasteiger partial charge in [-0.15, -0.1) is 0 Å². The summed E-state index contributed by atoms with van der Waals surface area (Å²) >= 11 is 5.98. The average molecular weight is 182 g/mol. The molecule has 0 unspecified atom stereocenters. The zero-order valence-corrected chi connectivity index (χ0v) is 8.36. The molecule has 0 spiro atoms. The fourth-order valence-electron chi connectivity index (χ4n) is 1.08. The van der Waals surface area contributed by atoms with Crippen LogP contribution in [0.25, 0.3) is 0 Å². The Kier molecular flexibility index (Phi) is 3.61. The lowest BCUT2D eigenvalue weighted by Gasteiger charge is -2.05. The van der Waals surface area contributed by atoms with Gasteiger partial charge in [-0.1, -0.05) is 37.6 Å². The highest BCUT2D eigenvalue weighted by molar-refractivity contribution is 6.31. The normalized spacial score (nSPS) is 10.7. The predicted octanol–water partition coefficient (Wildman–Crippen LogP) is 3.73. The highest BCUT2D eigenvalue weighted by atomic mass is 35.5. The van der Waals surface area contributed by atoms with Gasteiger partial charge in [0.05, 0.1) is 0 Å². The molecular weight excluding hydrogens is 168 g/mol. The molecule has 0 fully saturated rings. The van der Waals surface area contributed by atoms with E-state index in [2.05, 4.69) is 19.9 Å². The Morgan fingerprint density at radius 2 is 2.25 bits per heavy atom. The first-order valence-corrected chi connectivity index (χ1v) is 4.73. The van der Waals surface area contributed by atoms with Crippen molar-refractivity contribution in [2.45, 2.75) is 26.7 Å². The molecule has 1 aromatic rings. The van der Waals surface area contributed by atoms with E-state index in [1.54, 1.807) is 0 Å². The number of rotatable bonds is 3. The molecule has 0 aliphatic heterocycles. The van der Waals surface area contributed by atoms with Crippen molar-refractivity contribution >= 4 is 11.6 Å². The molecule has 1 aromatic carbocycles. The highest BCUT2D eigenvalue weighted by Crippen LogP contribution is 2.17. The van der Waals surface area contributed by atoms with Gasteiger partial charge >= 0.3 is 0 Å². The fourth-order valence-corrected chi connectivity index (χ4v) is 1.30. The number of halogens is 1. The summed E-state index contributed by atoms with van der Waals surface area (Å²) in [5.74, 6) is 0.731. The predicted molar refractivity (Wildman–Crippen MR) is 53.4 cm³/mol. The maximum atomic E-state index is 5.98. The van der Waals surface area contributed by atoms with Gasteiger partial charge in [-0.2, -0.15) is 0 Å². The van der Waals surface area contributed by atoms with Crippen LogP contribution in [-0.4, -0.2) is 0 Å². The van der Waals surface area contributed by atoms with Crippen molar-refractivity contribution in [1.82, 2.24) is 0 Å². The van der Waals surface area contributed by atoms with Gasteiger partial charge in [0.1, 0.15) is 0 Å². The molecule has 0 saturated heterocycles. The van der Waals surface area contributed by atoms with Crippen LogP contribution in [0.1, 0.15) is 25.8 Å². The van der Waals surface area contributed by atoms with Gasteiger partial charge in [-0.3, -0.25) is 0 Å². The molecule has 1 rings (SSSR count). The van der Waals surface area contributed by atoms with Gasteiger partial charge in [0.2, 0.25) is 0 Å². The van der Waals surface area contributed by atoms with E-state index in [1.807, 2.05) is 18.2 Å². The lowest BCUT2D eigenvalue weighted by atomic mass is 10.0. The van der Waals surface area contributed by atoms with Crippen molar-refractivity contribution in [3.8, 4) is 0 Å². The van der Waals surface area contributed by atoms with Crippen molar-refractivity contribution < 1.29 is 0 Å². The molecule has 1 radical (unpaired) electrons. The Morgan fingerprint density at radius 3 is 2.83 bits per heavy atom. The maximum absolute atomic E-state index is 5.98. The molecule has 0 heterocycles. The van der Waals surface area contributed by atoms with Gasteiger partial charge in [-0.05, 0) is 36.5 Å². The van der Waals surface area contributed by atoms with Crippen LogP contribution in [0.4, 0.5) is 0 Å². The summed E-state index contributed by atoms with van der Waals surface area (Å²) in [4.78, 5) is 0.